The predicted molar refractivity (Wildman–Crippen MR) is 130 cm³/mol. The van der Waals surface area contributed by atoms with E-state index in [0.29, 0.717) is 11.8 Å². The molecule has 0 fully saturated rings. The highest BCUT2D eigenvalue weighted by molar-refractivity contribution is 9.10. The van der Waals surface area contributed by atoms with Gasteiger partial charge in [0.15, 0.2) is 0 Å². The summed E-state index contributed by atoms with van der Waals surface area (Å²) >= 11 is 7.39. The molecule has 0 N–H and O–H groups in total. The molecule has 144 valence electrons. The minimum Gasteiger partial charge on any atom is -0.0726 e. The maximum atomic E-state index is 3.69. The van der Waals surface area contributed by atoms with E-state index in [2.05, 4.69) is 118 Å². The Morgan fingerprint density at radius 2 is 1.48 bits per heavy atom. The fourth-order valence-electron chi connectivity index (χ4n) is 4.94. The highest BCUT2D eigenvalue weighted by Crippen LogP contribution is 2.51. The second kappa shape index (κ2) is 7.74. The molecule has 29 heavy (non-hydrogen) atoms. The molecule has 0 nitrogen and oxygen atoms in total. The summed E-state index contributed by atoms with van der Waals surface area (Å²) in [5.74, 6) is 0.963. The first-order valence-corrected chi connectivity index (χ1v) is 11.7. The van der Waals surface area contributed by atoms with Crippen molar-refractivity contribution in [3.8, 4) is 11.1 Å². The Hall–Kier alpha value is -1.90. The van der Waals surface area contributed by atoms with Gasteiger partial charge in [0.25, 0.3) is 0 Å². The minimum atomic E-state index is 0.427. The van der Waals surface area contributed by atoms with Crippen molar-refractivity contribution in [3.05, 3.63) is 110 Å². The van der Waals surface area contributed by atoms with Crippen LogP contribution in [0.1, 0.15) is 42.4 Å². The average Bonchev–Trinajstić information content (AvgIpc) is 3.30. The van der Waals surface area contributed by atoms with E-state index in [-0.39, 0.29) is 0 Å². The molecule has 1 unspecified atom stereocenters. The average molecular weight is 506 g/mol. The lowest BCUT2D eigenvalue weighted by atomic mass is 9.81. The molecule has 0 saturated carbocycles. The largest absolute Gasteiger partial charge is 0.0726 e. The molecule has 2 heteroatoms. The van der Waals surface area contributed by atoms with E-state index in [1.54, 1.807) is 0 Å². The summed E-state index contributed by atoms with van der Waals surface area (Å²) in [5.41, 5.74) is 9.90. The Kier molecular flexibility index (Phi) is 5.09. The summed E-state index contributed by atoms with van der Waals surface area (Å²) in [7, 11) is 0. The standard InChI is InChI=1S/C27H22Br2/c1-17(13-18-7-8-20(14-18)19-5-3-2-4-6-19)27-25-15-21(28)9-11-23(25)24-12-10-22(29)16-26(24)27/h2-6,8-12,14-17,27H,7,13H2,1H3. The number of hydrogen-bond acceptors (Lipinski definition) is 0. The Bertz CT molecular complexity index is 1090. The number of rotatable bonds is 4. The summed E-state index contributed by atoms with van der Waals surface area (Å²) in [5, 5.41) is 0. The van der Waals surface area contributed by atoms with Crippen LogP contribution in [0.3, 0.4) is 0 Å². The zero-order valence-corrected chi connectivity index (χ0v) is 19.5. The van der Waals surface area contributed by atoms with Crippen molar-refractivity contribution in [2.45, 2.75) is 25.7 Å². The Labute approximate surface area is 189 Å². The number of benzene rings is 3. The third-order valence-electron chi connectivity index (χ3n) is 6.19. The molecule has 0 aromatic heterocycles. The van der Waals surface area contributed by atoms with Crippen LogP contribution in [-0.2, 0) is 0 Å². The SMILES string of the molecule is CC(CC1=CC(c2ccccc2)=CC1)C1c2cc(Br)ccc2-c2ccc(Br)cc21. The second-order valence-corrected chi connectivity index (χ2v) is 9.99. The fraction of sp³-hybridized carbons (Fsp3) is 0.185. The van der Waals surface area contributed by atoms with Gasteiger partial charge < -0.3 is 0 Å². The maximum absolute atomic E-state index is 3.69. The molecule has 3 aromatic rings. The van der Waals surface area contributed by atoms with Crippen LogP contribution in [0.5, 0.6) is 0 Å². The third-order valence-corrected chi connectivity index (χ3v) is 7.18. The molecule has 3 aromatic carbocycles. The van der Waals surface area contributed by atoms with E-state index in [9.17, 15) is 0 Å². The molecule has 0 saturated heterocycles. The first-order chi connectivity index (χ1) is 14.1. The maximum Gasteiger partial charge on any atom is 0.0178 e. The van der Waals surface area contributed by atoms with E-state index in [1.165, 1.54) is 39.0 Å². The molecule has 0 radical (unpaired) electrons. The van der Waals surface area contributed by atoms with Gasteiger partial charge in [0.05, 0.1) is 0 Å². The second-order valence-electron chi connectivity index (χ2n) is 8.15. The van der Waals surface area contributed by atoms with Crippen LogP contribution in [-0.4, -0.2) is 0 Å². The van der Waals surface area contributed by atoms with Gasteiger partial charge in [-0.3, -0.25) is 0 Å². The summed E-state index contributed by atoms with van der Waals surface area (Å²) < 4.78 is 2.32. The van der Waals surface area contributed by atoms with Crippen LogP contribution >= 0.6 is 31.9 Å². The van der Waals surface area contributed by atoms with Gasteiger partial charge in [-0.05, 0) is 76.4 Å². The van der Waals surface area contributed by atoms with Crippen molar-refractivity contribution in [2.75, 3.05) is 0 Å². The van der Waals surface area contributed by atoms with Crippen LogP contribution in [0.2, 0.25) is 0 Å². The molecule has 5 rings (SSSR count). The van der Waals surface area contributed by atoms with E-state index in [1.807, 2.05) is 0 Å². The Morgan fingerprint density at radius 3 is 2.10 bits per heavy atom. The lowest BCUT2D eigenvalue weighted by molar-refractivity contribution is 0.512. The van der Waals surface area contributed by atoms with E-state index in [0.717, 1.165) is 21.8 Å². The smallest absolute Gasteiger partial charge is 0.0178 e. The number of allylic oxidation sites excluding steroid dienone is 4. The lowest BCUT2D eigenvalue weighted by Gasteiger charge is -2.23. The molecule has 2 aliphatic carbocycles. The molecular formula is C27H22Br2. The van der Waals surface area contributed by atoms with Crippen LogP contribution in [0.4, 0.5) is 0 Å². The van der Waals surface area contributed by atoms with Gasteiger partial charge in [0, 0.05) is 14.9 Å². The molecule has 1 atom stereocenters. The topological polar surface area (TPSA) is 0 Å². The van der Waals surface area contributed by atoms with Crippen molar-refractivity contribution in [3.63, 3.8) is 0 Å². The normalized spacial score (nSPS) is 16.2. The van der Waals surface area contributed by atoms with Crippen LogP contribution in [0.15, 0.2) is 93.4 Å². The Balaban J connectivity index is 1.45. The molecule has 2 aliphatic rings. The predicted octanol–water partition coefficient (Wildman–Crippen LogP) is 8.76. The zero-order valence-electron chi connectivity index (χ0n) is 16.3. The molecule has 0 amide bonds. The van der Waals surface area contributed by atoms with Crippen LogP contribution in [0.25, 0.3) is 16.7 Å². The van der Waals surface area contributed by atoms with E-state index in [4.69, 9.17) is 0 Å². The zero-order chi connectivity index (χ0) is 20.0. The lowest BCUT2D eigenvalue weighted by Crippen LogP contribution is -2.10. The van der Waals surface area contributed by atoms with Gasteiger partial charge in [-0.15, -0.1) is 0 Å². The third kappa shape index (κ3) is 3.58. The highest BCUT2D eigenvalue weighted by Gasteiger charge is 2.33. The first-order valence-electron chi connectivity index (χ1n) is 10.1. The van der Waals surface area contributed by atoms with Crippen molar-refractivity contribution < 1.29 is 0 Å². The number of halogens is 2. The molecule has 0 aliphatic heterocycles. The molecular weight excluding hydrogens is 484 g/mol. The van der Waals surface area contributed by atoms with E-state index < -0.39 is 0 Å². The van der Waals surface area contributed by atoms with Crippen LogP contribution in [0, 0.1) is 5.92 Å². The summed E-state index contributed by atoms with van der Waals surface area (Å²) in [6, 6.07) is 24.2. The van der Waals surface area contributed by atoms with E-state index >= 15 is 0 Å². The minimum absolute atomic E-state index is 0.427. The quantitative estimate of drug-likeness (QED) is 0.332. The Morgan fingerprint density at radius 1 is 0.862 bits per heavy atom. The molecule has 0 heterocycles. The summed E-state index contributed by atoms with van der Waals surface area (Å²) in [4.78, 5) is 0. The van der Waals surface area contributed by atoms with Gasteiger partial charge >= 0.3 is 0 Å². The van der Waals surface area contributed by atoms with Gasteiger partial charge in [0.2, 0.25) is 0 Å². The summed E-state index contributed by atoms with van der Waals surface area (Å²) in [6.07, 6.45) is 6.97. The van der Waals surface area contributed by atoms with Crippen LogP contribution < -0.4 is 0 Å². The number of fused-ring (bicyclic) bond motifs is 3. The van der Waals surface area contributed by atoms with Crippen molar-refractivity contribution in [1.82, 2.24) is 0 Å². The van der Waals surface area contributed by atoms with Crippen molar-refractivity contribution in [1.29, 1.82) is 0 Å². The van der Waals surface area contributed by atoms with Gasteiger partial charge in [-0.2, -0.15) is 0 Å². The highest BCUT2D eigenvalue weighted by atomic mass is 79.9. The monoisotopic (exact) mass is 504 g/mol. The molecule has 0 spiro atoms. The van der Waals surface area contributed by atoms with Gasteiger partial charge in [-0.25, -0.2) is 0 Å². The van der Waals surface area contributed by atoms with Gasteiger partial charge in [-0.1, -0.05) is 99.0 Å². The van der Waals surface area contributed by atoms with Gasteiger partial charge in [0.1, 0.15) is 0 Å². The molecule has 0 bridgehead atoms. The van der Waals surface area contributed by atoms with Crippen molar-refractivity contribution >= 4 is 37.4 Å². The van der Waals surface area contributed by atoms with Crippen molar-refractivity contribution in [2.24, 2.45) is 5.92 Å². The number of hydrogen-bond donors (Lipinski definition) is 0. The fourth-order valence-corrected chi connectivity index (χ4v) is 5.69. The first kappa shape index (κ1) is 19.1. The summed E-state index contributed by atoms with van der Waals surface area (Å²) in [6.45, 7) is 2.41.